The molecule has 1 aromatic heterocycles. The number of para-hydroxylation sites is 1. The first kappa shape index (κ1) is 14.5. The van der Waals surface area contributed by atoms with Crippen LogP contribution in [0.4, 0.5) is 0 Å². The monoisotopic (exact) mass is 270 g/mol. The zero-order valence-electron chi connectivity index (χ0n) is 12.6. The van der Waals surface area contributed by atoms with Gasteiger partial charge in [-0.3, -0.25) is 0 Å². The van der Waals surface area contributed by atoms with Crippen LogP contribution in [-0.2, 0) is 0 Å². The van der Waals surface area contributed by atoms with Crippen LogP contribution in [0.2, 0.25) is 0 Å². The van der Waals surface area contributed by atoms with E-state index in [0.717, 1.165) is 17.9 Å². The van der Waals surface area contributed by atoms with Gasteiger partial charge in [0.15, 0.2) is 0 Å². The van der Waals surface area contributed by atoms with Gasteiger partial charge in [0, 0.05) is 12.1 Å². The minimum absolute atomic E-state index is 0.122. The van der Waals surface area contributed by atoms with Crippen molar-refractivity contribution in [2.75, 3.05) is 6.54 Å². The first-order chi connectivity index (χ1) is 9.44. The van der Waals surface area contributed by atoms with Gasteiger partial charge in [0.25, 0.3) is 0 Å². The average Bonchev–Trinajstić information content (AvgIpc) is 2.85. The van der Waals surface area contributed by atoms with Crippen LogP contribution in [-0.4, -0.2) is 27.1 Å². The Kier molecular flexibility index (Phi) is 4.35. The number of hydrogen-bond donors (Lipinski definition) is 1. The van der Waals surface area contributed by atoms with Gasteiger partial charge in [-0.1, -0.05) is 23.8 Å². The molecule has 1 heterocycles. The van der Waals surface area contributed by atoms with Crippen LogP contribution in [0.15, 0.2) is 42.1 Å². The quantitative estimate of drug-likeness (QED) is 0.928. The molecule has 0 amide bonds. The SMILES string of the molecule is CC(=Cc1cnn(-c2ccccc2)n1)CNC(C)(C)C. The van der Waals surface area contributed by atoms with Gasteiger partial charge >= 0.3 is 0 Å². The summed E-state index contributed by atoms with van der Waals surface area (Å²) < 4.78 is 0. The highest BCUT2D eigenvalue weighted by molar-refractivity contribution is 5.47. The normalized spacial score (nSPS) is 12.7. The fourth-order valence-electron chi connectivity index (χ4n) is 1.73. The lowest BCUT2D eigenvalue weighted by Crippen LogP contribution is -2.36. The highest BCUT2D eigenvalue weighted by Gasteiger charge is 2.08. The van der Waals surface area contributed by atoms with Crippen molar-refractivity contribution in [1.29, 1.82) is 0 Å². The Labute approximate surface area is 120 Å². The maximum atomic E-state index is 4.47. The van der Waals surface area contributed by atoms with Crippen LogP contribution in [0.1, 0.15) is 33.4 Å². The highest BCUT2D eigenvalue weighted by Crippen LogP contribution is 2.08. The Morgan fingerprint density at radius 2 is 1.95 bits per heavy atom. The molecule has 2 rings (SSSR count). The maximum absolute atomic E-state index is 4.47. The third-order valence-electron chi connectivity index (χ3n) is 2.79. The minimum atomic E-state index is 0.122. The first-order valence-electron chi connectivity index (χ1n) is 6.84. The largest absolute Gasteiger partial charge is 0.308 e. The molecular formula is C16H22N4. The van der Waals surface area contributed by atoms with E-state index in [4.69, 9.17) is 0 Å². The Hall–Kier alpha value is -1.94. The molecule has 0 fully saturated rings. The van der Waals surface area contributed by atoms with Crippen LogP contribution in [0.5, 0.6) is 0 Å². The molecule has 0 aliphatic heterocycles. The fourth-order valence-corrected chi connectivity index (χ4v) is 1.73. The van der Waals surface area contributed by atoms with E-state index in [9.17, 15) is 0 Å². The van der Waals surface area contributed by atoms with Crippen molar-refractivity contribution < 1.29 is 0 Å². The molecule has 0 spiro atoms. The van der Waals surface area contributed by atoms with Gasteiger partial charge in [-0.2, -0.15) is 9.90 Å². The second kappa shape index (κ2) is 6.01. The summed E-state index contributed by atoms with van der Waals surface area (Å²) in [5.74, 6) is 0. The van der Waals surface area contributed by atoms with Crippen molar-refractivity contribution >= 4 is 6.08 Å². The van der Waals surface area contributed by atoms with E-state index >= 15 is 0 Å². The third-order valence-corrected chi connectivity index (χ3v) is 2.79. The van der Waals surface area contributed by atoms with E-state index in [1.54, 1.807) is 11.0 Å². The lowest BCUT2D eigenvalue weighted by Gasteiger charge is -2.20. The van der Waals surface area contributed by atoms with Crippen LogP contribution in [0.3, 0.4) is 0 Å². The van der Waals surface area contributed by atoms with Crippen molar-refractivity contribution in [2.24, 2.45) is 0 Å². The summed E-state index contributed by atoms with van der Waals surface area (Å²) in [6.07, 6.45) is 3.85. The van der Waals surface area contributed by atoms with Gasteiger partial charge in [0.1, 0.15) is 5.69 Å². The molecule has 0 aliphatic rings. The van der Waals surface area contributed by atoms with Gasteiger partial charge in [-0.15, -0.1) is 5.10 Å². The molecule has 0 unspecified atom stereocenters. The molecule has 0 radical (unpaired) electrons. The third kappa shape index (κ3) is 4.31. The lowest BCUT2D eigenvalue weighted by atomic mass is 10.1. The molecule has 1 N–H and O–H groups in total. The summed E-state index contributed by atoms with van der Waals surface area (Å²) in [4.78, 5) is 1.65. The van der Waals surface area contributed by atoms with Crippen LogP contribution < -0.4 is 5.32 Å². The number of nitrogens with one attached hydrogen (secondary N) is 1. The number of benzene rings is 1. The minimum Gasteiger partial charge on any atom is -0.308 e. The van der Waals surface area contributed by atoms with Gasteiger partial charge in [-0.05, 0) is 45.9 Å². The summed E-state index contributed by atoms with van der Waals surface area (Å²) in [5.41, 5.74) is 3.20. The first-order valence-corrected chi connectivity index (χ1v) is 6.84. The van der Waals surface area contributed by atoms with Crippen LogP contribution in [0.25, 0.3) is 11.8 Å². The van der Waals surface area contributed by atoms with E-state index < -0.39 is 0 Å². The summed E-state index contributed by atoms with van der Waals surface area (Å²) in [7, 11) is 0. The Bertz CT molecular complexity index is 576. The molecule has 106 valence electrons. The topological polar surface area (TPSA) is 42.7 Å². The predicted octanol–water partition coefficient (Wildman–Crippen LogP) is 3.06. The van der Waals surface area contributed by atoms with E-state index in [1.165, 1.54) is 5.57 Å². The zero-order chi connectivity index (χ0) is 14.6. The zero-order valence-corrected chi connectivity index (χ0v) is 12.6. The van der Waals surface area contributed by atoms with Crippen molar-refractivity contribution in [1.82, 2.24) is 20.3 Å². The van der Waals surface area contributed by atoms with Crippen molar-refractivity contribution in [3.8, 4) is 5.69 Å². The van der Waals surface area contributed by atoms with Crippen molar-refractivity contribution in [2.45, 2.75) is 33.2 Å². The van der Waals surface area contributed by atoms with E-state index in [-0.39, 0.29) is 5.54 Å². The predicted molar refractivity (Wildman–Crippen MR) is 82.8 cm³/mol. The molecule has 0 atom stereocenters. The summed E-state index contributed by atoms with van der Waals surface area (Å²) in [6.45, 7) is 9.42. The second-order valence-corrected chi connectivity index (χ2v) is 5.99. The molecule has 1 aromatic carbocycles. The number of rotatable bonds is 4. The lowest BCUT2D eigenvalue weighted by molar-refractivity contribution is 0.445. The Morgan fingerprint density at radius 3 is 2.60 bits per heavy atom. The summed E-state index contributed by atoms with van der Waals surface area (Å²) in [6, 6.07) is 9.92. The summed E-state index contributed by atoms with van der Waals surface area (Å²) in [5, 5.41) is 12.2. The number of aromatic nitrogens is 3. The smallest absolute Gasteiger partial charge is 0.106 e. The van der Waals surface area contributed by atoms with Crippen LogP contribution in [0, 0.1) is 0 Å². The second-order valence-electron chi connectivity index (χ2n) is 5.99. The van der Waals surface area contributed by atoms with E-state index in [1.807, 2.05) is 30.3 Å². The van der Waals surface area contributed by atoms with E-state index in [2.05, 4.69) is 49.3 Å². The fraction of sp³-hybridized carbons (Fsp3) is 0.375. The molecule has 0 saturated heterocycles. The molecule has 0 aliphatic carbocycles. The van der Waals surface area contributed by atoms with Crippen LogP contribution >= 0.6 is 0 Å². The van der Waals surface area contributed by atoms with Gasteiger partial charge in [0.05, 0.1) is 11.9 Å². The standard InChI is InChI=1S/C16H22N4/c1-13(11-17-16(2,3)4)10-14-12-18-20(19-14)15-8-6-5-7-9-15/h5-10,12,17H,11H2,1-4H3. The number of nitrogens with zero attached hydrogens (tertiary/aromatic N) is 3. The maximum Gasteiger partial charge on any atom is 0.106 e. The van der Waals surface area contributed by atoms with Gasteiger partial charge in [0.2, 0.25) is 0 Å². The molecule has 4 nitrogen and oxygen atoms in total. The number of hydrogen-bond acceptors (Lipinski definition) is 3. The Morgan fingerprint density at radius 1 is 1.25 bits per heavy atom. The Balaban J connectivity index is 2.06. The van der Waals surface area contributed by atoms with Gasteiger partial charge < -0.3 is 5.32 Å². The van der Waals surface area contributed by atoms with Crippen molar-refractivity contribution in [3.05, 3.63) is 47.8 Å². The molecule has 20 heavy (non-hydrogen) atoms. The van der Waals surface area contributed by atoms with Gasteiger partial charge in [-0.25, -0.2) is 0 Å². The van der Waals surface area contributed by atoms with E-state index in [0.29, 0.717) is 0 Å². The molecule has 2 aromatic rings. The molecule has 4 heteroatoms. The molecular weight excluding hydrogens is 248 g/mol. The average molecular weight is 270 g/mol. The molecule has 0 saturated carbocycles. The van der Waals surface area contributed by atoms with Crippen molar-refractivity contribution in [3.63, 3.8) is 0 Å². The highest BCUT2D eigenvalue weighted by atomic mass is 15.5. The summed E-state index contributed by atoms with van der Waals surface area (Å²) >= 11 is 0. The molecule has 0 bridgehead atoms.